The molecule has 1 saturated carbocycles. The first-order valence-corrected chi connectivity index (χ1v) is 15.7. The maximum Gasteiger partial charge on any atom is 0.198 e. The van der Waals surface area contributed by atoms with Crippen molar-refractivity contribution in [2.75, 3.05) is 26.2 Å². The van der Waals surface area contributed by atoms with Gasteiger partial charge in [-0.25, -0.2) is 0 Å². The van der Waals surface area contributed by atoms with Gasteiger partial charge in [0, 0.05) is 18.3 Å². The molecule has 0 radical (unpaired) electrons. The molecule has 1 aliphatic carbocycles. The number of aliphatic hydroxyl groups excluding tert-OH is 3. The van der Waals surface area contributed by atoms with Crippen molar-refractivity contribution in [2.24, 2.45) is 17.3 Å². The van der Waals surface area contributed by atoms with Crippen LogP contribution in [0.1, 0.15) is 89.9 Å². The van der Waals surface area contributed by atoms with Crippen molar-refractivity contribution in [3.63, 3.8) is 0 Å². The molecule has 5 heteroatoms. The summed E-state index contributed by atoms with van der Waals surface area (Å²) >= 11 is 0. The molecular weight excluding hydrogens is 460 g/mol. The Morgan fingerprint density at radius 2 is 1.59 bits per heavy atom. The van der Waals surface area contributed by atoms with Gasteiger partial charge in [-0.05, 0) is 51.6 Å². The van der Waals surface area contributed by atoms with Crippen molar-refractivity contribution in [2.45, 2.75) is 120 Å². The molecule has 5 nitrogen and oxygen atoms in total. The summed E-state index contributed by atoms with van der Waals surface area (Å²) in [5.41, 5.74) is -0.649. The molecule has 0 aromatic rings. The molecular formula is C32H51N2O3+. The Hall–Kier alpha value is -0.980. The van der Waals surface area contributed by atoms with Gasteiger partial charge < -0.3 is 15.3 Å². The zero-order chi connectivity index (χ0) is 25.5. The molecule has 37 heavy (non-hydrogen) atoms. The van der Waals surface area contributed by atoms with Crippen LogP contribution in [0.4, 0.5) is 0 Å². The van der Waals surface area contributed by atoms with Crippen molar-refractivity contribution in [1.29, 1.82) is 0 Å². The summed E-state index contributed by atoms with van der Waals surface area (Å²) in [4.78, 5) is 2.72. The van der Waals surface area contributed by atoms with Crippen molar-refractivity contribution in [3.05, 3.63) is 36.5 Å². The van der Waals surface area contributed by atoms with Gasteiger partial charge >= 0.3 is 0 Å². The fraction of sp³-hybridized carbons (Fsp3) is 0.812. The maximum absolute atomic E-state index is 12.6. The summed E-state index contributed by atoms with van der Waals surface area (Å²) in [6.07, 6.45) is 26.6. The van der Waals surface area contributed by atoms with E-state index in [1.54, 1.807) is 0 Å². The summed E-state index contributed by atoms with van der Waals surface area (Å²) in [6.45, 7) is 4.05. The Morgan fingerprint density at radius 1 is 0.811 bits per heavy atom. The van der Waals surface area contributed by atoms with E-state index in [1.807, 2.05) is 18.2 Å². The van der Waals surface area contributed by atoms with Crippen LogP contribution in [-0.2, 0) is 0 Å². The molecule has 0 aromatic heterocycles. The molecule has 3 spiro atoms. The molecule has 2 unspecified atom stereocenters. The number of nitrogens with zero attached hydrogens (tertiary/aromatic N) is 2. The normalized spacial score (nSPS) is 51.6. The molecule has 206 valence electrons. The van der Waals surface area contributed by atoms with E-state index >= 15 is 0 Å². The van der Waals surface area contributed by atoms with Crippen LogP contribution in [0, 0.1) is 17.3 Å². The second-order valence-corrected chi connectivity index (χ2v) is 13.4. The minimum Gasteiger partial charge on any atom is -0.386 e. The average molecular weight is 512 g/mol. The number of quaternary nitrogens is 1. The van der Waals surface area contributed by atoms with E-state index in [0.29, 0.717) is 16.3 Å². The summed E-state index contributed by atoms with van der Waals surface area (Å²) in [5, 5.41) is 36.5. The SMILES string of the molecule is OC1[C@]23CCCCCCCCCCN4CC[C@@H]5[C@@H](C2)C[N+]12CCC/C=C\C/C=C\C=C\[C@H](O)[C@@H](O)[C@@]52[C@@H]43. The standard InChI is InChI=1S/C32H51N2O3/c35-27-17-13-9-5-1-4-8-12-16-22-34-24-25-23-31(30(34)37)19-14-10-6-2-3-7-11-15-20-33-21-18-26(25)32(34,28(27)36)29(31)33/h4-5,8-9,13,17,25-30,35-37H,1-3,6-7,10-12,14-16,18-24H2/q+1/b8-4-,9-5-,17-13+/t25-,26+,27-,28+,29-,30?,31+,32+,34?/m0/s1. The number of allylic oxidation sites excluding steroid dienone is 5. The Kier molecular flexibility index (Phi) is 7.48. The molecule has 5 saturated heterocycles. The van der Waals surface area contributed by atoms with Crippen molar-refractivity contribution >= 4 is 0 Å². The molecule has 9 atom stereocenters. The van der Waals surface area contributed by atoms with Crippen molar-refractivity contribution < 1.29 is 19.8 Å². The van der Waals surface area contributed by atoms with Crippen LogP contribution in [0.2, 0.25) is 0 Å². The second kappa shape index (κ2) is 10.5. The van der Waals surface area contributed by atoms with Crippen LogP contribution in [0.15, 0.2) is 36.5 Å². The van der Waals surface area contributed by atoms with E-state index in [0.717, 1.165) is 64.7 Å². The topological polar surface area (TPSA) is 63.9 Å². The van der Waals surface area contributed by atoms with E-state index in [4.69, 9.17) is 0 Å². The number of piperidine rings is 2. The Labute approximate surface area is 224 Å². The summed E-state index contributed by atoms with van der Waals surface area (Å²) in [6, 6.07) is 0.158. The highest BCUT2D eigenvalue weighted by molar-refractivity contribution is 5.28. The third-order valence-corrected chi connectivity index (χ3v) is 11.8. The third-order valence-electron chi connectivity index (χ3n) is 11.8. The lowest BCUT2D eigenvalue weighted by Crippen LogP contribution is -2.77. The maximum atomic E-state index is 12.6. The first-order valence-electron chi connectivity index (χ1n) is 15.7. The first kappa shape index (κ1) is 26.3. The van der Waals surface area contributed by atoms with Crippen LogP contribution in [0.25, 0.3) is 0 Å². The van der Waals surface area contributed by atoms with Crippen LogP contribution >= 0.6 is 0 Å². The largest absolute Gasteiger partial charge is 0.386 e. The number of hydrogen-bond donors (Lipinski definition) is 3. The predicted molar refractivity (Wildman–Crippen MR) is 148 cm³/mol. The molecule has 0 amide bonds. The zero-order valence-electron chi connectivity index (χ0n) is 22.9. The molecule has 7 rings (SSSR count). The van der Waals surface area contributed by atoms with E-state index in [9.17, 15) is 15.3 Å². The van der Waals surface area contributed by atoms with Gasteiger partial charge in [-0.2, -0.15) is 0 Å². The lowest BCUT2D eigenvalue weighted by Gasteiger charge is -2.58. The third kappa shape index (κ3) is 3.89. The minimum absolute atomic E-state index is 0.158. The van der Waals surface area contributed by atoms with Gasteiger partial charge in [-0.1, -0.05) is 81.4 Å². The van der Waals surface area contributed by atoms with E-state index in [2.05, 4.69) is 23.1 Å². The zero-order valence-corrected chi connectivity index (χ0v) is 22.9. The number of rotatable bonds is 0. The number of aliphatic hydroxyl groups is 3. The van der Waals surface area contributed by atoms with E-state index < -0.39 is 24.0 Å². The summed E-state index contributed by atoms with van der Waals surface area (Å²) in [5.74, 6) is 0.932. The predicted octanol–water partition coefficient (Wildman–Crippen LogP) is 4.68. The highest BCUT2D eigenvalue weighted by Crippen LogP contribution is 2.73. The molecule has 6 fully saturated rings. The minimum atomic E-state index is -0.910. The monoisotopic (exact) mass is 511 g/mol. The quantitative estimate of drug-likeness (QED) is 0.326. The fourth-order valence-electron chi connectivity index (χ4n) is 10.7. The molecule has 6 heterocycles. The highest BCUT2D eigenvalue weighted by atomic mass is 16.3. The Morgan fingerprint density at radius 3 is 2.43 bits per heavy atom. The van der Waals surface area contributed by atoms with Gasteiger partial charge in [0.2, 0.25) is 0 Å². The second-order valence-electron chi connectivity index (χ2n) is 13.4. The number of hydrogen-bond acceptors (Lipinski definition) is 4. The highest BCUT2D eigenvalue weighted by Gasteiger charge is 2.89. The Balaban J connectivity index is 1.48. The average Bonchev–Trinajstić information content (AvgIpc) is 3.19. The van der Waals surface area contributed by atoms with Crippen molar-refractivity contribution in [1.82, 2.24) is 4.90 Å². The van der Waals surface area contributed by atoms with Gasteiger partial charge in [-0.3, -0.25) is 9.38 Å². The molecule has 6 bridgehead atoms. The van der Waals surface area contributed by atoms with E-state index in [-0.39, 0.29) is 11.5 Å². The van der Waals surface area contributed by atoms with Crippen LogP contribution in [0.5, 0.6) is 0 Å². The smallest absolute Gasteiger partial charge is 0.198 e. The summed E-state index contributed by atoms with van der Waals surface area (Å²) in [7, 11) is 0. The molecule has 0 aromatic carbocycles. The van der Waals surface area contributed by atoms with Gasteiger partial charge in [0.25, 0.3) is 0 Å². The molecule has 7 aliphatic rings. The lowest BCUT2D eigenvalue weighted by molar-refractivity contribution is -1.00. The fourth-order valence-corrected chi connectivity index (χ4v) is 10.7. The van der Waals surface area contributed by atoms with Crippen LogP contribution < -0.4 is 0 Å². The molecule has 6 aliphatic heterocycles. The van der Waals surface area contributed by atoms with Gasteiger partial charge in [-0.15, -0.1) is 0 Å². The van der Waals surface area contributed by atoms with Crippen LogP contribution in [0.3, 0.4) is 0 Å². The van der Waals surface area contributed by atoms with Crippen LogP contribution in [-0.4, -0.2) is 80.9 Å². The van der Waals surface area contributed by atoms with E-state index in [1.165, 1.54) is 51.4 Å². The summed E-state index contributed by atoms with van der Waals surface area (Å²) < 4.78 is 0.638. The van der Waals surface area contributed by atoms with Gasteiger partial charge in [0.15, 0.2) is 11.8 Å². The van der Waals surface area contributed by atoms with Crippen molar-refractivity contribution in [3.8, 4) is 0 Å². The Bertz CT molecular complexity index is 902. The first-order chi connectivity index (χ1) is 18.1. The molecule has 3 N–H and O–H groups in total. The van der Waals surface area contributed by atoms with Gasteiger partial charge in [0.05, 0.1) is 24.5 Å². The van der Waals surface area contributed by atoms with Gasteiger partial charge in [0.1, 0.15) is 12.2 Å². The lowest BCUT2D eigenvalue weighted by atomic mass is 9.52.